The summed E-state index contributed by atoms with van der Waals surface area (Å²) in [6, 6.07) is 6.82. The van der Waals surface area contributed by atoms with Gasteiger partial charge in [-0.05, 0) is 57.9 Å². The number of pyridine rings is 2. The molecule has 0 radical (unpaired) electrons. The van der Waals surface area contributed by atoms with Gasteiger partial charge >= 0.3 is 11.9 Å². The van der Waals surface area contributed by atoms with E-state index in [9.17, 15) is 9.59 Å². The van der Waals surface area contributed by atoms with Crippen molar-refractivity contribution >= 4 is 34.9 Å². The number of aromatic nitrogens is 2. The summed E-state index contributed by atoms with van der Waals surface area (Å²) in [4.78, 5) is 38.3. The third-order valence-corrected chi connectivity index (χ3v) is 5.75. The van der Waals surface area contributed by atoms with Crippen LogP contribution in [0, 0.1) is 17.4 Å². The number of nitrogens with zero attached hydrogens (tertiary/aromatic N) is 6. The third kappa shape index (κ3) is 7.57. The molecular weight excluding hydrogens is 448 g/mol. The Hall–Kier alpha value is -3.87. The predicted molar refractivity (Wildman–Crippen MR) is 132 cm³/mol. The van der Waals surface area contributed by atoms with Gasteiger partial charge in [-0.25, -0.2) is 4.98 Å². The molecule has 0 saturated heterocycles. The number of rotatable bonds is 11. The zero-order valence-corrected chi connectivity index (χ0v) is 21.1. The number of hydrogen-bond acceptors (Lipinski definition) is 9. The van der Waals surface area contributed by atoms with Crippen molar-refractivity contribution in [3.05, 3.63) is 48.1 Å². The van der Waals surface area contributed by atoms with Crippen LogP contribution in [0.4, 0.5) is 23.0 Å². The molecule has 186 valence electrons. The van der Waals surface area contributed by atoms with E-state index in [-0.39, 0.29) is 18.5 Å². The average Bonchev–Trinajstić information content (AvgIpc) is 2.86. The van der Waals surface area contributed by atoms with Crippen LogP contribution >= 0.6 is 0 Å². The number of hydrogen-bond donors (Lipinski definition) is 0. The number of carbonyl (C=O) groups is 2. The van der Waals surface area contributed by atoms with Gasteiger partial charge in [0.1, 0.15) is 30.0 Å². The highest BCUT2D eigenvalue weighted by atomic mass is 16.5. The molecule has 0 aliphatic rings. The number of esters is 2. The monoisotopic (exact) mass is 480 g/mol. The fourth-order valence-electron chi connectivity index (χ4n) is 3.51. The van der Waals surface area contributed by atoms with E-state index in [1.807, 2.05) is 25.8 Å². The fraction of sp³-hybridized carbons (Fsp3) is 0.480. The molecule has 0 bridgehead atoms. The second kappa shape index (κ2) is 12.0. The van der Waals surface area contributed by atoms with Crippen molar-refractivity contribution in [1.29, 1.82) is 0 Å². The van der Waals surface area contributed by atoms with Crippen molar-refractivity contribution in [2.24, 2.45) is 21.1 Å². The number of anilines is 1. The van der Waals surface area contributed by atoms with Gasteiger partial charge < -0.3 is 19.2 Å². The largest absolute Gasteiger partial charge is 0.469 e. The highest BCUT2D eigenvalue weighted by Crippen LogP contribution is 2.38. The summed E-state index contributed by atoms with van der Waals surface area (Å²) in [5.41, 5.74) is -0.493. The molecule has 0 aromatic carbocycles. The van der Waals surface area contributed by atoms with Crippen molar-refractivity contribution in [2.75, 3.05) is 32.2 Å². The van der Waals surface area contributed by atoms with Crippen LogP contribution in [0.25, 0.3) is 4.85 Å². The van der Waals surface area contributed by atoms with E-state index in [4.69, 9.17) is 16.0 Å². The molecule has 1 unspecified atom stereocenters. The van der Waals surface area contributed by atoms with E-state index in [0.29, 0.717) is 42.4 Å². The van der Waals surface area contributed by atoms with Crippen molar-refractivity contribution < 1.29 is 19.1 Å². The van der Waals surface area contributed by atoms with Crippen molar-refractivity contribution in [2.45, 2.75) is 40.5 Å². The Morgan fingerprint density at radius 2 is 1.69 bits per heavy atom. The summed E-state index contributed by atoms with van der Waals surface area (Å²) in [7, 11) is 3.19. The molecule has 1 atom stereocenters. The minimum Gasteiger partial charge on any atom is -0.469 e. The first kappa shape index (κ1) is 27.4. The first-order valence-corrected chi connectivity index (χ1v) is 11.2. The van der Waals surface area contributed by atoms with E-state index in [2.05, 4.69) is 25.0 Å². The molecule has 0 N–H and O–H groups in total. The molecule has 10 nitrogen and oxygen atoms in total. The molecule has 0 amide bonds. The zero-order chi connectivity index (χ0) is 26.1. The molecule has 2 heterocycles. The van der Waals surface area contributed by atoms with Gasteiger partial charge in [0.15, 0.2) is 0 Å². The van der Waals surface area contributed by atoms with Crippen molar-refractivity contribution in [3.63, 3.8) is 0 Å². The van der Waals surface area contributed by atoms with Crippen LogP contribution in [-0.4, -0.2) is 49.2 Å². The standard InChI is InChI=1S/C25H32N6O4/c1-8-25(4,17-24(2,3)22(32)34-7)23(33)35-14-13-31(6)21-12-10-19(16-28-21)30-29-18-9-11-20(26-5)27-15-18/h9-12,15-16H,8,13-14,17H2,1-4,6-7H3/b30-29+. The van der Waals surface area contributed by atoms with Crippen LogP contribution in [0.1, 0.15) is 40.5 Å². The molecule has 2 aromatic rings. The van der Waals surface area contributed by atoms with Gasteiger partial charge in [0.2, 0.25) is 0 Å². The Balaban J connectivity index is 1.90. The first-order chi connectivity index (χ1) is 16.5. The van der Waals surface area contributed by atoms with E-state index >= 15 is 0 Å². The van der Waals surface area contributed by atoms with Gasteiger partial charge in [0, 0.05) is 7.05 Å². The van der Waals surface area contributed by atoms with Gasteiger partial charge in [-0.15, -0.1) is 15.2 Å². The van der Waals surface area contributed by atoms with Crippen LogP contribution in [0.15, 0.2) is 46.9 Å². The topological polar surface area (TPSA) is 111 Å². The Labute approximate surface area is 206 Å². The summed E-state index contributed by atoms with van der Waals surface area (Å²) < 4.78 is 10.4. The first-order valence-electron chi connectivity index (χ1n) is 11.2. The zero-order valence-electron chi connectivity index (χ0n) is 21.1. The molecule has 0 fully saturated rings. The Bertz CT molecular complexity index is 1080. The van der Waals surface area contributed by atoms with Crippen LogP contribution in [0.3, 0.4) is 0 Å². The molecule has 0 aliphatic carbocycles. The van der Waals surface area contributed by atoms with Gasteiger partial charge in [-0.3, -0.25) is 9.59 Å². The number of azo groups is 1. The second-order valence-electron chi connectivity index (χ2n) is 9.08. The summed E-state index contributed by atoms with van der Waals surface area (Å²) in [5, 5.41) is 8.21. The van der Waals surface area contributed by atoms with Gasteiger partial charge in [-0.1, -0.05) is 13.5 Å². The maximum atomic E-state index is 12.8. The van der Waals surface area contributed by atoms with E-state index in [1.165, 1.54) is 13.3 Å². The lowest BCUT2D eigenvalue weighted by Gasteiger charge is -2.33. The molecular formula is C25H32N6O4. The predicted octanol–water partition coefficient (Wildman–Crippen LogP) is 5.43. The highest BCUT2D eigenvalue weighted by Gasteiger charge is 2.42. The normalized spacial score (nSPS) is 13.1. The molecule has 35 heavy (non-hydrogen) atoms. The minimum atomic E-state index is -0.799. The second-order valence-corrected chi connectivity index (χ2v) is 9.08. The van der Waals surface area contributed by atoms with Crippen molar-refractivity contribution in [3.8, 4) is 0 Å². The number of likely N-dealkylation sites (N-methyl/N-ethyl adjacent to an activating group) is 1. The van der Waals surface area contributed by atoms with E-state index in [0.717, 1.165) is 0 Å². The average molecular weight is 481 g/mol. The summed E-state index contributed by atoms with van der Waals surface area (Å²) in [5.74, 6) is 0.294. The van der Waals surface area contributed by atoms with Gasteiger partial charge in [-0.2, -0.15) is 0 Å². The van der Waals surface area contributed by atoms with Crippen LogP contribution in [0.5, 0.6) is 0 Å². The van der Waals surface area contributed by atoms with E-state index < -0.39 is 10.8 Å². The quantitative estimate of drug-likeness (QED) is 0.240. The SMILES string of the molecule is [C-]#[N+]c1ccc(/N=N/c2ccc(N(C)CCOC(=O)C(C)(CC)CC(C)(C)C(=O)OC)nc2)cn1. The molecule has 2 aromatic heterocycles. The Kier molecular flexibility index (Phi) is 9.40. The van der Waals surface area contributed by atoms with Crippen LogP contribution in [-0.2, 0) is 19.1 Å². The summed E-state index contributed by atoms with van der Waals surface area (Å²) >= 11 is 0. The van der Waals surface area contributed by atoms with Crippen LogP contribution < -0.4 is 4.90 Å². The molecule has 2 rings (SSSR count). The summed E-state index contributed by atoms with van der Waals surface area (Å²) in [6.07, 6.45) is 3.94. The highest BCUT2D eigenvalue weighted by molar-refractivity contribution is 5.80. The third-order valence-electron chi connectivity index (χ3n) is 5.75. The smallest absolute Gasteiger partial charge is 0.311 e. The lowest BCUT2D eigenvalue weighted by molar-refractivity contribution is -0.161. The van der Waals surface area contributed by atoms with Crippen LogP contribution in [0.2, 0.25) is 0 Å². The van der Waals surface area contributed by atoms with Gasteiger partial charge in [0.25, 0.3) is 5.82 Å². The Morgan fingerprint density at radius 1 is 1.06 bits per heavy atom. The fourth-order valence-corrected chi connectivity index (χ4v) is 3.51. The minimum absolute atomic E-state index is 0.181. The molecule has 0 saturated carbocycles. The van der Waals surface area contributed by atoms with Gasteiger partial charge in [0.05, 0.1) is 30.7 Å². The van der Waals surface area contributed by atoms with E-state index in [1.54, 1.807) is 44.3 Å². The molecule has 10 heteroatoms. The number of methoxy groups -OCH3 is 1. The van der Waals surface area contributed by atoms with Crippen molar-refractivity contribution in [1.82, 2.24) is 9.97 Å². The summed E-state index contributed by atoms with van der Waals surface area (Å²) in [6.45, 7) is 14.8. The number of ether oxygens (including phenoxy) is 2. The molecule has 0 aliphatic heterocycles. The maximum absolute atomic E-state index is 12.8. The number of carbonyl (C=O) groups excluding carboxylic acids is 2. The lowest BCUT2D eigenvalue weighted by Crippen LogP contribution is -2.39. The maximum Gasteiger partial charge on any atom is 0.311 e. The lowest BCUT2D eigenvalue weighted by atomic mass is 9.72. The Morgan fingerprint density at radius 3 is 2.17 bits per heavy atom. The molecule has 0 spiro atoms.